The van der Waals surface area contributed by atoms with Crippen LogP contribution in [0.15, 0.2) is 22.6 Å². The summed E-state index contributed by atoms with van der Waals surface area (Å²) in [5, 5.41) is 8.85. The van der Waals surface area contributed by atoms with E-state index in [-0.39, 0.29) is 5.75 Å². The molecule has 0 fully saturated rings. The normalized spacial score (nSPS) is 11.0. The summed E-state index contributed by atoms with van der Waals surface area (Å²) in [7, 11) is 0. The number of aromatic hydroxyl groups is 1. The largest absolute Gasteiger partial charge is 0.504 e. The van der Waals surface area contributed by atoms with E-state index in [2.05, 4.69) is 0 Å². The zero-order chi connectivity index (χ0) is 5.56. The SMILES string of the molecule is Oc1cc2ccc1o2. The Balaban J connectivity index is 3.02. The summed E-state index contributed by atoms with van der Waals surface area (Å²) < 4.78 is 4.96. The van der Waals surface area contributed by atoms with Crippen LogP contribution in [0.5, 0.6) is 5.75 Å². The van der Waals surface area contributed by atoms with Crippen molar-refractivity contribution >= 4 is 11.2 Å². The molecule has 0 unspecified atom stereocenters. The fourth-order valence-corrected chi connectivity index (χ4v) is 0.774. The molecule has 8 heavy (non-hydrogen) atoms. The maximum Gasteiger partial charge on any atom is 0.169 e. The lowest BCUT2D eigenvalue weighted by atomic mass is 10.3. The second-order valence-corrected chi connectivity index (χ2v) is 1.73. The molecule has 2 nitrogen and oxygen atoms in total. The van der Waals surface area contributed by atoms with Crippen molar-refractivity contribution in [2.75, 3.05) is 0 Å². The number of phenols is 1. The van der Waals surface area contributed by atoms with E-state index in [1.165, 1.54) is 0 Å². The molecule has 0 aliphatic carbocycles. The fraction of sp³-hybridized carbons (Fsp3) is 0. The van der Waals surface area contributed by atoms with Crippen LogP contribution in [0.25, 0.3) is 11.2 Å². The molecule has 0 atom stereocenters. The Morgan fingerprint density at radius 2 is 2.25 bits per heavy atom. The second-order valence-electron chi connectivity index (χ2n) is 1.73. The Labute approximate surface area is 45.7 Å². The minimum atomic E-state index is 0.238. The standard InChI is InChI=1S/C6H4O2/c7-5-3-4-1-2-6(5)8-4/h1-3,7H. The maximum atomic E-state index is 8.85. The third kappa shape index (κ3) is 0.281. The Morgan fingerprint density at radius 1 is 1.38 bits per heavy atom. The van der Waals surface area contributed by atoms with Crippen LogP contribution in [0.3, 0.4) is 0 Å². The van der Waals surface area contributed by atoms with Gasteiger partial charge in [-0.25, -0.2) is 0 Å². The van der Waals surface area contributed by atoms with Gasteiger partial charge in [0.25, 0.3) is 0 Å². The minimum Gasteiger partial charge on any atom is -0.504 e. The first-order valence-electron chi connectivity index (χ1n) is 2.37. The zero-order valence-corrected chi connectivity index (χ0v) is 4.09. The van der Waals surface area contributed by atoms with Crippen LogP contribution in [0.2, 0.25) is 0 Å². The summed E-state index contributed by atoms with van der Waals surface area (Å²) in [6, 6.07) is 5.15. The number of benzene rings is 1. The highest BCUT2D eigenvalue weighted by atomic mass is 16.4. The predicted octanol–water partition coefficient (Wildman–Crippen LogP) is 1.58. The summed E-state index contributed by atoms with van der Waals surface area (Å²) in [5.74, 6) is 0.238. The van der Waals surface area contributed by atoms with Gasteiger partial charge in [0.05, 0.1) is 0 Å². The molecule has 0 amide bonds. The number of furan rings is 2. The van der Waals surface area contributed by atoms with Gasteiger partial charge in [-0.3, -0.25) is 0 Å². The van der Waals surface area contributed by atoms with Crippen molar-refractivity contribution in [3.05, 3.63) is 18.2 Å². The van der Waals surface area contributed by atoms with E-state index in [9.17, 15) is 0 Å². The van der Waals surface area contributed by atoms with Crippen molar-refractivity contribution in [1.82, 2.24) is 0 Å². The molecule has 0 saturated heterocycles. The molecule has 2 aromatic rings. The van der Waals surface area contributed by atoms with Gasteiger partial charge in [0.1, 0.15) is 5.58 Å². The highest BCUT2D eigenvalue weighted by Gasteiger charge is 2.02. The van der Waals surface area contributed by atoms with Crippen LogP contribution < -0.4 is 0 Å². The smallest absolute Gasteiger partial charge is 0.169 e. The zero-order valence-electron chi connectivity index (χ0n) is 4.09. The van der Waals surface area contributed by atoms with E-state index in [0.717, 1.165) is 5.58 Å². The number of phenolic OH excluding ortho intramolecular Hbond substituents is 1. The summed E-state index contributed by atoms with van der Waals surface area (Å²) in [5.41, 5.74) is 1.30. The molecule has 0 spiro atoms. The monoisotopic (exact) mass is 108 g/mol. The average molecular weight is 108 g/mol. The molecular formula is C6H4O2. The first-order chi connectivity index (χ1) is 3.86. The van der Waals surface area contributed by atoms with Gasteiger partial charge in [-0.2, -0.15) is 0 Å². The van der Waals surface area contributed by atoms with E-state index in [1.54, 1.807) is 12.1 Å². The Morgan fingerprint density at radius 3 is 2.50 bits per heavy atom. The number of fused-ring (bicyclic) bond motifs is 2. The lowest BCUT2D eigenvalue weighted by Crippen LogP contribution is -1.53. The molecular weight excluding hydrogens is 104 g/mol. The molecule has 40 valence electrons. The minimum absolute atomic E-state index is 0.238. The van der Waals surface area contributed by atoms with Crippen molar-refractivity contribution in [3.8, 4) is 5.75 Å². The van der Waals surface area contributed by atoms with Gasteiger partial charge in [0, 0.05) is 6.07 Å². The first kappa shape index (κ1) is 3.78. The lowest BCUT2D eigenvalue weighted by molar-refractivity contribution is 0.476. The highest BCUT2D eigenvalue weighted by Crippen LogP contribution is 2.26. The predicted molar refractivity (Wildman–Crippen MR) is 29.1 cm³/mol. The van der Waals surface area contributed by atoms with E-state index in [0.29, 0.717) is 5.58 Å². The van der Waals surface area contributed by atoms with Gasteiger partial charge < -0.3 is 9.52 Å². The van der Waals surface area contributed by atoms with Crippen molar-refractivity contribution in [1.29, 1.82) is 0 Å². The third-order valence-electron chi connectivity index (χ3n) is 1.16. The van der Waals surface area contributed by atoms with Crippen molar-refractivity contribution in [2.45, 2.75) is 0 Å². The van der Waals surface area contributed by atoms with Gasteiger partial charge >= 0.3 is 0 Å². The molecule has 2 rings (SSSR count). The summed E-state index contributed by atoms with van der Waals surface area (Å²) in [6.07, 6.45) is 0. The molecule has 0 aliphatic heterocycles. The second kappa shape index (κ2) is 0.968. The number of rotatable bonds is 0. The quantitative estimate of drug-likeness (QED) is 0.555. The molecule has 0 saturated carbocycles. The molecule has 2 heterocycles. The van der Waals surface area contributed by atoms with Gasteiger partial charge in [0.2, 0.25) is 0 Å². The molecule has 2 bridgehead atoms. The van der Waals surface area contributed by atoms with Crippen molar-refractivity contribution in [2.24, 2.45) is 0 Å². The highest BCUT2D eigenvalue weighted by molar-refractivity contribution is 5.68. The van der Waals surface area contributed by atoms with E-state index in [1.807, 2.05) is 6.07 Å². The molecule has 1 N–H and O–H groups in total. The summed E-state index contributed by atoms with van der Waals surface area (Å²) >= 11 is 0. The average Bonchev–Trinajstić information content (AvgIpc) is 2.23. The van der Waals surface area contributed by atoms with Gasteiger partial charge in [-0.15, -0.1) is 0 Å². The summed E-state index contributed by atoms with van der Waals surface area (Å²) in [4.78, 5) is 0. The maximum absolute atomic E-state index is 8.85. The third-order valence-corrected chi connectivity index (χ3v) is 1.16. The molecule has 2 heteroatoms. The number of hydrogen-bond acceptors (Lipinski definition) is 2. The molecule has 2 aromatic heterocycles. The Hall–Kier alpha value is -1.18. The first-order valence-corrected chi connectivity index (χ1v) is 2.37. The van der Waals surface area contributed by atoms with Gasteiger partial charge in [0.15, 0.2) is 11.3 Å². The topological polar surface area (TPSA) is 33.4 Å². The van der Waals surface area contributed by atoms with Gasteiger partial charge in [-0.05, 0) is 12.1 Å². The molecule has 0 radical (unpaired) electrons. The van der Waals surface area contributed by atoms with Crippen LogP contribution in [-0.4, -0.2) is 5.11 Å². The van der Waals surface area contributed by atoms with E-state index in [4.69, 9.17) is 9.52 Å². The lowest BCUT2D eigenvalue weighted by Gasteiger charge is -1.76. The Bertz CT molecular complexity index is 284. The van der Waals surface area contributed by atoms with Crippen LogP contribution >= 0.6 is 0 Å². The number of hydrogen-bond donors (Lipinski definition) is 1. The van der Waals surface area contributed by atoms with Crippen LogP contribution in [0.4, 0.5) is 0 Å². The van der Waals surface area contributed by atoms with Crippen molar-refractivity contribution < 1.29 is 9.52 Å². The van der Waals surface area contributed by atoms with Crippen LogP contribution in [0.1, 0.15) is 0 Å². The molecule has 0 aliphatic rings. The summed E-state index contributed by atoms with van der Waals surface area (Å²) in [6.45, 7) is 0. The van der Waals surface area contributed by atoms with Crippen molar-refractivity contribution in [3.63, 3.8) is 0 Å². The van der Waals surface area contributed by atoms with Crippen LogP contribution in [-0.2, 0) is 0 Å². The van der Waals surface area contributed by atoms with E-state index >= 15 is 0 Å². The Kier molecular flexibility index (Phi) is 0.457. The van der Waals surface area contributed by atoms with Gasteiger partial charge in [-0.1, -0.05) is 0 Å². The van der Waals surface area contributed by atoms with Crippen LogP contribution in [0, 0.1) is 0 Å². The molecule has 0 aromatic carbocycles. The van der Waals surface area contributed by atoms with E-state index < -0.39 is 0 Å². The fourth-order valence-electron chi connectivity index (χ4n) is 0.774.